The first-order valence-electron chi connectivity index (χ1n) is 6.27. The minimum atomic E-state index is 0.332. The maximum absolute atomic E-state index is 4.54. The van der Waals surface area contributed by atoms with Gasteiger partial charge in [-0.05, 0) is 12.8 Å². The largest absolute Gasteiger partial charge is 0.373 e. The monoisotopic (exact) mass is 236 g/mol. The molecule has 0 saturated carbocycles. The lowest BCUT2D eigenvalue weighted by Gasteiger charge is -2.19. The fraction of sp³-hybridized carbons (Fsp3) is 0.692. The zero-order valence-corrected chi connectivity index (χ0v) is 11.7. The Morgan fingerprint density at radius 3 is 2.06 bits per heavy atom. The second-order valence-corrected chi connectivity index (χ2v) is 5.08. The van der Waals surface area contributed by atoms with E-state index in [1.165, 1.54) is 0 Å². The van der Waals surface area contributed by atoms with E-state index in [2.05, 4.69) is 55.2 Å². The van der Waals surface area contributed by atoms with Crippen LogP contribution in [0.1, 0.15) is 46.4 Å². The minimum Gasteiger partial charge on any atom is -0.373 e. The first-order chi connectivity index (χ1) is 7.93. The number of rotatable bonds is 5. The summed E-state index contributed by atoms with van der Waals surface area (Å²) >= 11 is 0. The fourth-order valence-electron chi connectivity index (χ4n) is 1.33. The zero-order valence-electron chi connectivity index (χ0n) is 11.7. The van der Waals surface area contributed by atoms with Crippen LogP contribution in [0.3, 0.4) is 0 Å². The van der Waals surface area contributed by atoms with Gasteiger partial charge in [0.25, 0.3) is 0 Å². The normalized spacial score (nSPS) is 12.9. The van der Waals surface area contributed by atoms with Crippen LogP contribution in [0.5, 0.6) is 0 Å². The lowest BCUT2D eigenvalue weighted by Crippen LogP contribution is -2.22. The number of anilines is 2. The molecule has 1 aromatic rings. The molecule has 0 spiro atoms. The molecule has 1 rings (SSSR count). The number of nitrogens with one attached hydrogen (secondary N) is 2. The van der Waals surface area contributed by atoms with Crippen LogP contribution in [-0.2, 0) is 0 Å². The van der Waals surface area contributed by atoms with Gasteiger partial charge in [0.05, 0.1) is 0 Å². The van der Waals surface area contributed by atoms with Gasteiger partial charge in [0, 0.05) is 25.1 Å². The van der Waals surface area contributed by atoms with E-state index in [0.29, 0.717) is 17.9 Å². The number of nitrogens with zero attached hydrogens (tertiary/aromatic N) is 2. The summed E-state index contributed by atoms with van der Waals surface area (Å²) in [6.45, 7) is 10.8. The van der Waals surface area contributed by atoms with Gasteiger partial charge in [0.1, 0.15) is 17.5 Å². The van der Waals surface area contributed by atoms with Crippen LogP contribution in [0.15, 0.2) is 6.07 Å². The van der Waals surface area contributed by atoms with Crippen molar-refractivity contribution in [3.63, 3.8) is 0 Å². The zero-order chi connectivity index (χ0) is 13.0. The molecule has 0 saturated heterocycles. The number of aromatic nitrogens is 2. The van der Waals surface area contributed by atoms with Crippen molar-refractivity contribution in [2.45, 2.75) is 46.6 Å². The molecule has 0 fully saturated rings. The van der Waals surface area contributed by atoms with Crippen molar-refractivity contribution in [2.75, 3.05) is 17.7 Å². The molecule has 4 nitrogen and oxygen atoms in total. The summed E-state index contributed by atoms with van der Waals surface area (Å²) in [4.78, 5) is 8.98. The molecule has 2 N–H and O–H groups in total. The lowest BCUT2D eigenvalue weighted by molar-refractivity contribution is 0.557. The van der Waals surface area contributed by atoms with Gasteiger partial charge in [0.15, 0.2) is 0 Å². The Hall–Kier alpha value is -1.32. The van der Waals surface area contributed by atoms with E-state index in [1.54, 1.807) is 0 Å². The van der Waals surface area contributed by atoms with Gasteiger partial charge in [-0.1, -0.05) is 27.7 Å². The van der Waals surface area contributed by atoms with Crippen LogP contribution in [-0.4, -0.2) is 23.1 Å². The summed E-state index contributed by atoms with van der Waals surface area (Å²) < 4.78 is 0. The molecule has 96 valence electrons. The molecular formula is C13H24N4. The Labute approximate surface area is 104 Å². The van der Waals surface area contributed by atoms with E-state index in [1.807, 2.05) is 13.1 Å². The van der Waals surface area contributed by atoms with Crippen molar-refractivity contribution in [1.82, 2.24) is 9.97 Å². The van der Waals surface area contributed by atoms with Gasteiger partial charge < -0.3 is 10.6 Å². The highest BCUT2D eigenvalue weighted by Gasteiger charge is 2.11. The van der Waals surface area contributed by atoms with Crippen LogP contribution in [0, 0.1) is 5.92 Å². The Kier molecular flexibility index (Phi) is 4.73. The molecule has 0 aliphatic rings. The summed E-state index contributed by atoms with van der Waals surface area (Å²) in [7, 11) is 1.88. The van der Waals surface area contributed by atoms with Crippen LogP contribution >= 0.6 is 0 Å². The second kappa shape index (κ2) is 5.84. The highest BCUT2D eigenvalue weighted by molar-refractivity contribution is 5.48. The first kappa shape index (κ1) is 13.7. The molecule has 0 radical (unpaired) electrons. The quantitative estimate of drug-likeness (QED) is 0.825. The number of hydrogen-bond acceptors (Lipinski definition) is 4. The van der Waals surface area contributed by atoms with E-state index in [-0.39, 0.29) is 0 Å². The molecular weight excluding hydrogens is 212 g/mol. The van der Waals surface area contributed by atoms with E-state index in [4.69, 9.17) is 0 Å². The maximum Gasteiger partial charge on any atom is 0.135 e. The summed E-state index contributed by atoms with van der Waals surface area (Å²) in [5.41, 5.74) is 0. The molecule has 1 atom stereocenters. The lowest BCUT2D eigenvalue weighted by atomic mass is 10.1. The van der Waals surface area contributed by atoms with Crippen molar-refractivity contribution in [3.05, 3.63) is 11.9 Å². The van der Waals surface area contributed by atoms with Crippen LogP contribution in [0.25, 0.3) is 0 Å². The topological polar surface area (TPSA) is 49.8 Å². The molecule has 0 aromatic carbocycles. The average molecular weight is 236 g/mol. The van der Waals surface area contributed by atoms with E-state index in [0.717, 1.165) is 17.5 Å². The van der Waals surface area contributed by atoms with E-state index >= 15 is 0 Å². The van der Waals surface area contributed by atoms with Gasteiger partial charge >= 0.3 is 0 Å². The smallest absolute Gasteiger partial charge is 0.135 e. The van der Waals surface area contributed by atoms with Crippen LogP contribution in [0.4, 0.5) is 11.6 Å². The standard InChI is InChI=1S/C13H24N4/c1-8(2)10(5)15-12-7-11(14-6)16-13(17-12)9(3)4/h7-10H,1-6H3,(H2,14,15,16,17). The predicted octanol–water partition coefficient (Wildman–Crippen LogP) is 3.10. The van der Waals surface area contributed by atoms with Crippen LogP contribution < -0.4 is 10.6 Å². The SMILES string of the molecule is CNc1cc(NC(C)C(C)C)nc(C(C)C)n1. The van der Waals surface area contributed by atoms with Crippen molar-refractivity contribution in [2.24, 2.45) is 5.92 Å². The van der Waals surface area contributed by atoms with Gasteiger partial charge in [0.2, 0.25) is 0 Å². The van der Waals surface area contributed by atoms with Gasteiger partial charge in [-0.25, -0.2) is 9.97 Å². The Bertz CT molecular complexity index is 360. The summed E-state index contributed by atoms with van der Waals surface area (Å²) in [5.74, 6) is 3.54. The number of hydrogen-bond donors (Lipinski definition) is 2. The molecule has 1 unspecified atom stereocenters. The summed E-state index contributed by atoms with van der Waals surface area (Å²) in [5, 5.41) is 6.49. The second-order valence-electron chi connectivity index (χ2n) is 5.08. The average Bonchev–Trinajstić information content (AvgIpc) is 2.28. The molecule has 17 heavy (non-hydrogen) atoms. The van der Waals surface area contributed by atoms with Gasteiger partial charge in [-0.15, -0.1) is 0 Å². The van der Waals surface area contributed by atoms with Crippen molar-refractivity contribution >= 4 is 11.6 Å². The van der Waals surface area contributed by atoms with Crippen molar-refractivity contribution in [3.8, 4) is 0 Å². The molecule has 0 bridgehead atoms. The van der Waals surface area contributed by atoms with Crippen molar-refractivity contribution in [1.29, 1.82) is 0 Å². The van der Waals surface area contributed by atoms with Gasteiger partial charge in [-0.2, -0.15) is 0 Å². The molecule has 0 amide bonds. The third kappa shape index (κ3) is 3.88. The summed E-state index contributed by atoms with van der Waals surface area (Å²) in [6.07, 6.45) is 0. The highest BCUT2D eigenvalue weighted by Crippen LogP contribution is 2.18. The fourth-order valence-corrected chi connectivity index (χ4v) is 1.33. The third-order valence-corrected chi connectivity index (χ3v) is 2.89. The molecule has 1 aromatic heterocycles. The summed E-state index contributed by atoms with van der Waals surface area (Å²) in [6, 6.07) is 2.35. The third-order valence-electron chi connectivity index (χ3n) is 2.89. The molecule has 0 aliphatic carbocycles. The Morgan fingerprint density at radius 1 is 1.00 bits per heavy atom. The van der Waals surface area contributed by atoms with E-state index in [9.17, 15) is 0 Å². The Morgan fingerprint density at radius 2 is 1.59 bits per heavy atom. The maximum atomic E-state index is 4.54. The highest BCUT2D eigenvalue weighted by atomic mass is 15.1. The molecule has 4 heteroatoms. The van der Waals surface area contributed by atoms with Gasteiger partial charge in [-0.3, -0.25) is 0 Å². The first-order valence-corrected chi connectivity index (χ1v) is 6.27. The van der Waals surface area contributed by atoms with Crippen LogP contribution in [0.2, 0.25) is 0 Å². The van der Waals surface area contributed by atoms with Crippen molar-refractivity contribution < 1.29 is 0 Å². The van der Waals surface area contributed by atoms with E-state index < -0.39 is 0 Å². The minimum absolute atomic E-state index is 0.332. The molecule has 1 heterocycles. The Balaban J connectivity index is 2.94. The predicted molar refractivity (Wildman–Crippen MR) is 73.6 cm³/mol. The molecule has 0 aliphatic heterocycles.